The van der Waals surface area contributed by atoms with Gasteiger partial charge in [0.25, 0.3) is 0 Å². The summed E-state index contributed by atoms with van der Waals surface area (Å²) in [4.78, 5) is 32.4. The highest BCUT2D eigenvalue weighted by Gasteiger charge is 2.21. The minimum absolute atomic E-state index is 0.0453. The first-order chi connectivity index (χ1) is 12.0. The number of aliphatic imine (C=N–C) groups is 1. The third-order valence-electron chi connectivity index (χ3n) is 3.14. The van der Waals surface area contributed by atoms with Crippen LogP contribution in [-0.4, -0.2) is 33.1 Å². The minimum Gasteiger partial charge on any atom is -0.305 e. The predicted octanol–water partition coefficient (Wildman–Crippen LogP) is 2.86. The van der Waals surface area contributed by atoms with Gasteiger partial charge in [0.1, 0.15) is 0 Å². The molecular formula is C16H15ClN4O2S2. The summed E-state index contributed by atoms with van der Waals surface area (Å²) in [5.41, 5.74) is 0.982. The number of rotatable bonds is 4. The number of halogens is 1. The van der Waals surface area contributed by atoms with Crippen LogP contribution in [0.25, 0.3) is 0 Å². The molecule has 0 bridgehead atoms. The van der Waals surface area contributed by atoms with Crippen LogP contribution in [0.2, 0.25) is 5.02 Å². The number of hydrogen-bond donors (Lipinski definition) is 2. The summed E-state index contributed by atoms with van der Waals surface area (Å²) in [7, 11) is -0.435. The van der Waals surface area contributed by atoms with Crippen LogP contribution in [-0.2, 0) is 16.1 Å². The number of anilines is 1. The number of carbonyl (C=O) groups is 2. The van der Waals surface area contributed by atoms with Crippen molar-refractivity contribution in [3.8, 4) is 0 Å². The summed E-state index contributed by atoms with van der Waals surface area (Å²) in [5, 5.41) is 9.31. The SMILES string of the molecule is CC(=O)Nc1ncc(/C=S2\CC(=O)NC2=NCc2cccc(Cl)c2)s1. The van der Waals surface area contributed by atoms with Gasteiger partial charge in [-0.3, -0.25) is 14.6 Å². The van der Waals surface area contributed by atoms with Gasteiger partial charge >= 0.3 is 0 Å². The quantitative estimate of drug-likeness (QED) is 0.782. The average molecular weight is 395 g/mol. The molecule has 3 rings (SSSR count). The van der Waals surface area contributed by atoms with Gasteiger partial charge in [0.15, 0.2) is 10.3 Å². The first-order valence-corrected chi connectivity index (χ1v) is 10.0. The van der Waals surface area contributed by atoms with E-state index in [9.17, 15) is 9.59 Å². The molecule has 1 saturated heterocycles. The summed E-state index contributed by atoms with van der Waals surface area (Å²) >= 11 is 7.34. The Balaban J connectivity index is 1.79. The number of hydrogen-bond acceptors (Lipinski definition) is 5. The molecule has 1 aliphatic rings. The molecule has 0 spiro atoms. The molecule has 9 heteroatoms. The van der Waals surface area contributed by atoms with Crippen LogP contribution in [0.5, 0.6) is 0 Å². The van der Waals surface area contributed by atoms with Crippen molar-refractivity contribution >= 4 is 60.9 Å². The molecule has 1 atom stereocenters. The summed E-state index contributed by atoms with van der Waals surface area (Å²) in [6.07, 6.45) is 1.68. The summed E-state index contributed by atoms with van der Waals surface area (Å²) in [6, 6.07) is 7.48. The van der Waals surface area contributed by atoms with Crippen molar-refractivity contribution in [3.63, 3.8) is 0 Å². The van der Waals surface area contributed by atoms with E-state index in [2.05, 4.69) is 20.6 Å². The zero-order valence-electron chi connectivity index (χ0n) is 13.3. The molecule has 1 aromatic heterocycles. The van der Waals surface area contributed by atoms with E-state index in [0.717, 1.165) is 10.4 Å². The van der Waals surface area contributed by atoms with Crippen molar-refractivity contribution in [1.82, 2.24) is 10.3 Å². The molecule has 1 unspecified atom stereocenters. The van der Waals surface area contributed by atoms with Gasteiger partial charge in [-0.15, -0.1) is 10.5 Å². The molecule has 25 heavy (non-hydrogen) atoms. The van der Waals surface area contributed by atoms with Crippen LogP contribution < -0.4 is 10.6 Å². The van der Waals surface area contributed by atoms with Gasteiger partial charge in [-0.05, 0) is 23.1 Å². The predicted molar refractivity (Wildman–Crippen MR) is 105 cm³/mol. The van der Waals surface area contributed by atoms with Crippen molar-refractivity contribution in [2.75, 3.05) is 11.1 Å². The number of amidine groups is 1. The first-order valence-electron chi connectivity index (χ1n) is 7.36. The Morgan fingerprint density at radius 3 is 3.16 bits per heavy atom. The number of nitrogens with one attached hydrogen (secondary N) is 2. The lowest BCUT2D eigenvalue weighted by molar-refractivity contribution is -0.117. The third kappa shape index (κ3) is 4.97. The van der Waals surface area contributed by atoms with E-state index in [0.29, 0.717) is 27.6 Å². The second-order valence-electron chi connectivity index (χ2n) is 5.24. The van der Waals surface area contributed by atoms with Crippen molar-refractivity contribution in [1.29, 1.82) is 0 Å². The Labute approximate surface area is 156 Å². The van der Waals surface area contributed by atoms with Crippen molar-refractivity contribution in [3.05, 3.63) is 45.9 Å². The van der Waals surface area contributed by atoms with Gasteiger partial charge in [0, 0.05) is 18.1 Å². The molecule has 0 radical (unpaired) electrons. The highest BCUT2D eigenvalue weighted by molar-refractivity contribution is 8.29. The Hall–Kier alpha value is -2.03. The van der Waals surface area contributed by atoms with Crippen LogP contribution in [0.15, 0.2) is 35.5 Å². The van der Waals surface area contributed by atoms with Crippen LogP contribution >= 0.6 is 33.4 Å². The minimum atomic E-state index is -0.435. The molecule has 2 heterocycles. The maximum atomic E-state index is 11.8. The number of benzene rings is 1. The zero-order chi connectivity index (χ0) is 17.8. The number of thiazole rings is 1. The van der Waals surface area contributed by atoms with Crippen LogP contribution in [0, 0.1) is 0 Å². The van der Waals surface area contributed by atoms with E-state index in [1.807, 2.05) is 29.6 Å². The smallest absolute Gasteiger partial charge is 0.235 e. The summed E-state index contributed by atoms with van der Waals surface area (Å²) in [6.45, 7) is 1.89. The van der Waals surface area contributed by atoms with Gasteiger partial charge in [-0.2, -0.15) is 0 Å². The lowest BCUT2D eigenvalue weighted by Gasteiger charge is -2.02. The molecule has 1 aromatic carbocycles. The third-order valence-corrected chi connectivity index (χ3v) is 6.22. The molecular weight excluding hydrogens is 380 g/mol. The van der Waals surface area contributed by atoms with Crippen molar-refractivity contribution < 1.29 is 9.59 Å². The number of nitrogens with zero attached hydrogens (tertiary/aromatic N) is 2. The molecule has 1 fully saturated rings. The topological polar surface area (TPSA) is 83.5 Å². The number of aromatic nitrogens is 1. The average Bonchev–Trinajstić information content (AvgIpc) is 3.11. The lowest BCUT2D eigenvalue weighted by Crippen LogP contribution is -2.20. The van der Waals surface area contributed by atoms with Gasteiger partial charge in [-0.1, -0.05) is 35.1 Å². The van der Waals surface area contributed by atoms with Crippen LogP contribution in [0.1, 0.15) is 17.4 Å². The number of amides is 2. The monoisotopic (exact) mass is 394 g/mol. The first kappa shape index (κ1) is 17.8. The van der Waals surface area contributed by atoms with Crippen molar-refractivity contribution in [2.45, 2.75) is 13.5 Å². The van der Waals surface area contributed by atoms with Crippen LogP contribution in [0.3, 0.4) is 0 Å². The standard InChI is InChI=1S/C16H15ClN4O2S2/c1-10(22)20-15-18-7-13(24-15)8-25-9-14(23)21-16(25)19-6-11-3-2-4-12(17)5-11/h2-5,7-8H,6,9H2,1H3,(H,18,20,22)(H,19,21,23). The normalized spacial score (nSPS) is 18.6. The molecule has 130 valence electrons. The fourth-order valence-corrected chi connectivity index (χ4v) is 5.02. The molecule has 0 aliphatic carbocycles. The fourth-order valence-electron chi connectivity index (χ4n) is 2.14. The lowest BCUT2D eigenvalue weighted by atomic mass is 10.2. The number of carbonyl (C=O) groups excluding carboxylic acids is 2. The highest BCUT2D eigenvalue weighted by atomic mass is 35.5. The van der Waals surface area contributed by atoms with Crippen molar-refractivity contribution in [2.24, 2.45) is 4.99 Å². The second kappa shape index (κ2) is 7.90. The Bertz CT molecular complexity index is 892. The van der Waals surface area contributed by atoms with E-state index in [4.69, 9.17) is 11.6 Å². The van der Waals surface area contributed by atoms with Gasteiger partial charge in [0.2, 0.25) is 11.8 Å². The maximum absolute atomic E-state index is 11.8. The van der Waals surface area contributed by atoms with E-state index in [1.54, 1.807) is 6.20 Å². The summed E-state index contributed by atoms with van der Waals surface area (Å²) < 4.78 is 0. The van der Waals surface area contributed by atoms with E-state index in [1.165, 1.54) is 18.3 Å². The largest absolute Gasteiger partial charge is 0.305 e. The molecule has 2 aromatic rings. The van der Waals surface area contributed by atoms with E-state index in [-0.39, 0.29) is 11.8 Å². The molecule has 1 aliphatic heterocycles. The molecule has 6 nitrogen and oxygen atoms in total. The van der Waals surface area contributed by atoms with E-state index >= 15 is 0 Å². The second-order valence-corrected chi connectivity index (χ2v) is 8.51. The molecule has 2 N–H and O–H groups in total. The van der Waals surface area contributed by atoms with Crippen LogP contribution in [0.4, 0.5) is 5.13 Å². The molecule has 0 saturated carbocycles. The van der Waals surface area contributed by atoms with E-state index < -0.39 is 10.5 Å². The Morgan fingerprint density at radius 2 is 2.40 bits per heavy atom. The highest BCUT2D eigenvalue weighted by Crippen LogP contribution is 2.25. The van der Waals surface area contributed by atoms with Gasteiger partial charge in [-0.25, -0.2) is 4.98 Å². The maximum Gasteiger partial charge on any atom is 0.235 e. The Morgan fingerprint density at radius 1 is 1.56 bits per heavy atom. The van der Waals surface area contributed by atoms with Gasteiger partial charge in [0.05, 0.1) is 17.2 Å². The Kier molecular flexibility index (Phi) is 5.62. The fraction of sp³-hybridized carbons (Fsp3) is 0.188. The molecule has 2 amide bonds. The summed E-state index contributed by atoms with van der Waals surface area (Å²) in [5.74, 6) is 0.169. The zero-order valence-corrected chi connectivity index (χ0v) is 15.7. The van der Waals surface area contributed by atoms with Gasteiger partial charge < -0.3 is 10.6 Å².